The smallest absolute Gasteiger partial charge is 0.173 e. The number of benzene rings is 2. The average molecular weight is 277 g/mol. The SMILES string of the molecule is CC(C(=O)c1ccc(O)c(Cl)c1O)c1ccccc1. The van der Waals surface area contributed by atoms with Gasteiger partial charge < -0.3 is 10.2 Å². The van der Waals surface area contributed by atoms with Crippen LogP contribution in [0.4, 0.5) is 0 Å². The third-order valence-corrected chi connectivity index (χ3v) is 3.43. The van der Waals surface area contributed by atoms with Crippen LogP contribution in [0.3, 0.4) is 0 Å². The monoisotopic (exact) mass is 276 g/mol. The van der Waals surface area contributed by atoms with Gasteiger partial charge in [-0.1, -0.05) is 48.9 Å². The highest BCUT2D eigenvalue weighted by Gasteiger charge is 2.22. The lowest BCUT2D eigenvalue weighted by Crippen LogP contribution is -2.09. The summed E-state index contributed by atoms with van der Waals surface area (Å²) in [6.45, 7) is 1.76. The van der Waals surface area contributed by atoms with Gasteiger partial charge in [-0.25, -0.2) is 0 Å². The zero-order valence-electron chi connectivity index (χ0n) is 10.3. The number of carbonyl (C=O) groups excluding carboxylic acids is 1. The molecule has 2 rings (SSSR count). The molecule has 0 heterocycles. The van der Waals surface area contributed by atoms with Crippen molar-refractivity contribution in [3.63, 3.8) is 0 Å². The summed E-state index contributed by atoms with van der Waals surface area (Å²) in [4.78, 5) is 12.3. The van der Waals surface area contributed by atoms with Crippen molar-refractivity contribution < 1.29 is 15.0 Å². The molecular weight excluding hydrogens is 264 g/mol. The highest BCUT2D eigenvalue weighted by atomic mass is 35.5. The molecule has 2 aromatic rings. The van der Waals surface area contributed by atoms with Crippen LogP contribution in [0, 0.1) is 0 Å². The van der Waals surface area contributed by atoms with Gasteiger partial charge in [-0.2, -0.15) is 0 Å². The first-order valence-corrected chi connectivity index (χ1v) is 6.19. The Kier molecular flexibility index (Phi) is 3.76. The lowest BCUT2D eigenvalue weighted by atomic mass is 9.92. The van der Waals surface area contributed by atoms with Crippen LogP contribution < -0.4 is 0 Å². The number of halogens is 1. The number of hydrogen-bond donors (Lipinski definition) is 2. The van der Waals surface area contributed by atoms with E-state index in [1.807, 2.05) is 30.3 Å². The lowest BCUT2D eigenvalue weighted by Gasteiger charge is -2.13. The number of Topliss-reactive ketones (excluding diaryl/α,β-unsaturated/α-hetero) is 1. The molecule has 2 aromatic carbocycles. The van der Waals surface area contributed by atoms with Crippen LogP contribution in [-0.2, 0) is 0 Å². The summed E-state index contributed by atoms with van der Waals surface area (Å²) >= 11 is 5.73. The van der Waals surface area contributed by atoms with Crippen LogP contribution in [0.25, 0.3) is 0 Å². The zero-order valence-corrected chi connectivity index (χ0v) is 11.1. The quantitative estimate of drug-likeness (QED) is 0.840. The number of phenolic OH excluding ortho intramolecular Hbond substituents is 2. The van der Waals surface area contributed by atoms with Crippen LogP contribution >= 0.6 is 11.6 Å². The van der Waals surface area contributed by atoms with Gasteiger partial charge in [0.1, 0.15) is 16.5 Å². The van der Waals surface area contributed by atoms with Crippen LogP contribution in [0.5, 0.6) is 11.5 Å². The molecule has 0 fully saturated rings. The van der Waals surface area contributed by atoms with E-state index in [1.54, 1.807) is 6.92 Å². The van der Waals surface area contributed by atoms with Crippen molar-refractivity contribution in [1.29, 1.82) is 0 Å². The maximum absolute atomic E-state index is 12.3. The predicted octanol–water partition coefficient (Wildman–Crippen LogP) is 3.74. The minimum atomic E-state index is -0.396. The summed E-state index contributed by atoms with van der Waals surface area (Å²) in [7, 11) is 0. The third-order valence-electron chi connectivity index (χ3n) is 3.05. The van der Waals surface area contributed by atoms with E-state index in [9.17, 15) is 15.0 Å². The maximum atomic E-state index is 12.3. The summed E-state index contributed by atoms with van der Waals surface area (Å²) in [6, 6.07) is 11.9. The van der Waals surface area contributed by atoms with Gasteiger partial charge in [-0.05, 0) is 17.7 Å². The fraction of sp³-hybridized carbons (Fsp3) is 0.133. The average Bonchev–Trinajstić information content (AvgIpc) is 2.44. The van der Waals surface area contributed by atoms with Gasteiger partial charge in [-0.3, -0.25) is 4.79 Å². The maximum Gasteiger partial charge on any atom is 0.173 e. The third kappa shape index (κ3) is 2.56. The normalized spacial score (nSPS) is 12.1. The van der Waals surface area contributed by atoms with Crippen LogP contribution in [0.15, 0.2) is 42.5 Å². The first-order valence-electron chi connectivity index (χ1n) is 5.82. The largest absolute Gasteiger partial charge is 0.506 e. The summed E-state index contributed by atoms with van der Waals surface area (Å²) in [6.07, 6.45) is 0. The molecule has 3 nitrogen and oxygen atoms in total. The summed E-state index contributed by atoms with van der Waals surface area (Å²) in [5, 5.41) is 19.0. The second-order valence-electron chi connectivity index (χ2n) is 4.29. The molecule has 98 valence electrons. The highest BCUT2D eigenvalue weighted by molar-refractivity contribution is 6.34. The van der Waals surface area contributed by atoms with Gasteiger partial charge in [-0.15, -0.1) is 0 Å². The second kappa shape index (κ2) is 5.33. The first-order chi connectivity index (χ1) is 9.02. The van der Waals surface area contributed by atoms with E-state index in [1.165, 1.54) is 12.1 Å². The number of hydrogen-bond acceptors (Lipinski definition) is 3. The van der Waals surface area contributed by atoms with Crippen LogP contribution in [0.2, 0.25) is 5.02 Å². The van der Waals surface area contributed by atoms with Gasteiger partial charge >= 0.3 is 0 Å². The van der Waals surface area contributed by atoms with Gasteiger partial charge in [0.2, 0.25) is 0 Å². The number of ketones is 1. The molecule has 0 bridgehead atoms. The molecule has 0 spiro atoms. The molecule has 0 aromatic heterocycles. The molecule has 2 N–H and O–H groups in total. The van der Waals surface area contributed by atoms with Crippen molar-refractivity contribution in [2.45, 2.75) is 12.8 Å². The van der Waals surface area contributed by atoms with E-state index >= 15 is 0 Å². The number of rotatable bonds is 3. The van der Waals surface area contributed by atoms with Gasteiger partial charge in [0.05, 0.1) is 5.56 Å². The second-order valence-corrected chi connectivity index (χ2v) is 4.67. The Hall–Kier alpha value is -2.00. The van der Waals surface area contributed by atoms with E-state index in [0.717, 1.165) is 5.56 Å². The molecule has 0 saturated heterocycles. The van der Waals surface area contributed by atoms with Crippen molar-refractivity contribution in [2.75, 3.05) is 0 Å². The lowest BCUT2D eigenvalue weighted by molar-refractivity contribution is 0.0963. The molecule has 0 aliphatic heterocycles. The summed E-state index contributed by atoms with van der Waals surface area (Å²) < 4.78 is 0. The van der Waals surface area contributed by atoms with Crippen molar-refractivity contribution in [3.05, 3.63) is 58.6 Å². The van der Waals surface area contributed by atoms with E-state index in [2.05, 4.69) is 0 Å². The predicted molar refractivity (Wildman–Crippen MR) is 74.0 cm³/mol. The van der Waals surface area contributed by atoms with E-state index in [4.69, 9.17) is 11.6 Å². The Morgan fingerprint density at radius 2 is 1.74 bits per heavy atom. The van der Waals surface area contributed by atoms with Gasteiger partial charge in [0, 0.05) is 5.92 Å². The molecule has 4 heteroatoms. The van der Waals surface area contributed by atoms with Gasteiger partial charge in [0.25, 0.3) is 0 Å². The molecular formula is C15H13ClO3. The van der Waals surface area contributed by atoms with E-state index in [0.29, 0.717) is 0 Å². The zero-order chi connectivity index (χ0) is 14.0. The number of aromatic hydroxyl groups is 2. The van der Waals surface area contributed by atoms with Crippen molar-refractivity contribution in [2.24, 2.45) is 0 Å². The first kappa shape index (κ1) is 13.4. The Bertz CT molecular complexity index is 608. The standard InChI is InChI=1S/C15H13ClO3/c1-9(10-5-3-2-4-6-10)14(18)11-7-8-12(17)13(16)15(11)19/h2-9,17,19H,1H3. The fourth-order valence-corrected chi connectivity index (χ4v) is 2.04. The Labute approximate surface area is 116 Å². The molecule has 0 aliphatic carbocycles. The van der Waals surface area contributed by atoms with Crippen LogP contribution in [-0.4, -0.2) is 16.0 Å². The molecule has 0 aliphatic rings. The van der Waals surface area contributed by atoms with E-state index in [-0.39, 0.29) is 27.9 Å². The van der Waals surface area contributed by atoms with Crippen LogP contribution in [0.1, 0.15) is 28.8 Å². The molecule has 0 saturated carbocycles. The molecule has 1 unspecified atom stereocenters. The van der Waals surface area contributed by atoms with Crippen molar-refractivity contribution >= 4 is 17.4 Å². The summed E-state index contributed by atoms with van der Waals surface area (Å²) in [5.41, 5.74) is 0.968. The van der Waals surface area contributed by atoms with Crippen molar-refractivity contribution in [3.8, 4) is 11.5 Å². The fourth-order valence-electron chi connectivity index (χ4n) is 1.88. The summed E-state index contributed by atoms with van der Waals surface area (Å²) in [5.74, 6) is -1.27. The number of carbonyl (C=O) groups is 1. The Balaban J connectivity index is 2.38. The number of phenols is 2. The molecule has 1 atom stereocenters. The van der Waals surface area contributed by atoms with Gasteiger partial charge in [0.15, 0.2) is 5.78 Å². The van der Waals surface area contributed by atoms with Crippen molar-refractivity contribution in [1.82, 2.24) is 0 Å². The Morgan fingerprint density at radius 1 is 1.11 bits per heavy atom. The molecule has 0 amide bonds. The topological polar surface area (TPSA) is 57.5 Å². The minimum Gasteiger partial charge on any atom is -0.506 e. The van der Waals surface area contributed by atoms with E-state index < -0.39 is 5.92 Å². The highest BCUT2D eigenvalue weighted by Crippen LogP contribution is 2.37. The molecule has 19 heavy (non-hydrogen) atoms. The Morgan fingerprint density at radius 3 is 2.37 bits per heavy atom. The molecule has 0 radical (unpaired) electrons. The minimum absolute atomic E-state index is 0.110.